The number of aliphatic hydroxyl groups excluding tert-OH is 4. The Balaban J connectivity index is 1.26. The van der Waals surface area contributed by atoms with Crippen molar-refractivity contribution in [2.45, 2.75) is 86.4 Å². The molecular weight excluding hydrogens is 738 g/mol. The molecule has 0 spiro atoms. The van der Waals surface area contributed by atoms with E-state index in [1.54, 1.807) is 6.20 Å². The Morgan fingerprint density at radius 1 is 0.750 bits per heavy atom. The SMILES string of the molecule is NC(=O)[C@H](CC(=O)NCC12CCC(CC1)N=N2)NC(=O)[C@H](CO)NC(=O)[C@H](CO)NC(=O)[C@H](CO)NC(=O)[C@H](CO)NC(=O)[C@@H](N)Cc1c[nH]c2ccccc12. The van der Waals surface area contributed by atoms with Crippen LogP contribution in [0, 0.1) is 0 Å². The molecular formula is C34H49N11O11. The lowest BCUT2D eigenvalue weighted by Gasteiger charge is -2.39. The number of hydrogen-bond acceptors (Lipinski definition) is 14. The summed E-state index contributed by atoms with van der Waals surface area (Å²) in [6, 6.07) is -2.07. The normalized spacial score (nSPS) is 20.4. The molecule has 2 aromatic rings. The molecule has 0 unspecified atom stereocenters. The monoisotopic (exact) mass is 787 g/mol. The van der Waals surface area contributed by atoms with Crippen molar-refractivity contribution < 1.29 is 54.0 Å². The van der Waals surface area contributed by atoms with Crippen molar-refractivity contribution >= 4 is 52.3 Å². The molecule has 0 saturated heterocycles. The first-order valence-corrected chi connectivity index (χ1v) is 18.0. The molecule has 5 rings (SSSR count). The molecule has 306 valence electrons. The first-order chi connectivity index (χ1) is 26.7. The summed E-state index contributed by atoms with van der Waals surface area (Å²) in [5, 5.41) is 62.1. The van der Waals surface area contributed by atoms with Gasteiger partial charge in [0.15, 0.2) is 0 Å². The third-order valence-corrected chi connectivity index (χ3v) is 9.70. The highest BCUT2D eigenvalue weighted by atomic mass is 16.3. The van der Waals surface area contributed by atoms with Gasteiger partial charge in [0.1, 0.15) is 30.2 Å². The number of amides is 7. The van der Waals surface area contributed by atoms with Gasteiger partial charge in [-0.3, -0.25) is 33.6 Å². The number of benzene rings is 1. The fourth-order valence-electron chi connectivity index (χ4n) is 6.29. The van der Waals surface area contributed by atoms with Crippen molar-refractivity contribution in [2.24, 2.45) is 21.7 Å². The summed E-state index contributed by atoms with van der Waals surface area (Å²) < 4.78 is 0. The molecule has 6 atom stereocenters. The number of rotatable bonds is 21. The van der Waals surface area contributed by atoms with E-state index >= 15 is 0 Å². The second-order valence-electron chi connectivity index (χ2n) is 13.8. The Labute approximate surface area is 320 Å². The van der Waals surface area contributed by atoms with Crippen molar-refractivity contribution in [3.8, 4) is 0 Å². The van der Waals surface area contributed by atoms with Gasteiger partial charge in [-0.05, 0) is 43.7 Å². The molecule has 3 aliphatic rings. The molecule has 1 aliphatic carbocycles. The van der Waals surface area contributed by atoms with E-state index in [1.165, 1.54) is 0 Å². The minimum absolute atomic E-state index is 0.0822. The number of aromatic amines is 1. The lowest BCUT2D eigenvalue weighted by Crippen LogP contribution is -2.61. The predicted octanol–water partition coefficient (Wildman–Crippen LogP) is -5.43. The second-order valence-corrected chi connectivity index (χ2v) is 13.8. The molecule has 22 heteroatoms. The van der Waals surface area contributed by atoms with E-state index in [4.69, 9.17) is 11.5 Å². The van der Waals surface area contributed by atoms with Crippen LogP contribution >= 0.6 is 0 Å². The molecule has 2 bridgehead atoms. The van der Waals surface area contributed by atoms with Crippen molar-refractivity contribution in [2.75, 3.05) is 33.0 Å². The van der Waals surface area contributed by atoms with Crippen LogP contribution in [0.4, 0.5) is 0 Å². The molecule has 1 aromatic carbocycles. The van der Waals surface area contributed by atoms with E-state index in [0.717, 1.165) is 42.1 Å². The van der Waals surface area contributed by atoms with Crippen LogP contribution in [-0.2, 0) is 40.0 Å². The van der Waals surface area contributed by atoms with E-state index in [2.05, 4.69) is 47.1 Å². The molecule has 1 aromatic heterocycles. The molecule has 1 fully saturated rings. The zero-order valence-electron chi connectivity index (χ0n) is 30.4. The van der Waals surface area contributed by atoms with Crippen molar-refractivity contribution in [3.05, 3.63) is 36.0 Å². The van der Waals surface area contributed by atoms with Gasteiger partial charge in [0.05, 0.1) is 50.5 Å². The van der Waals surface area contributed by atoms with Crippen molar-refractivity contribution in [1.82, 2.24) is 36.9 Å². The van der Waals surface area contributed by atoms with Gasteiger partial charge < -0.3 is 68.8 Å². The van der Waals surface area contributed by atoms with Gasteiger partial charge in [-0.15, -0.1) is 0 Å². The van der Waals surface area contributed by atoms with Gasteiger partial charge in [-0.25, -0.2) is 0 Å². The molecule has 3 heterocycles. The lowest BCUT2D eigenvalue weighted by atomic mass is 9.78. The molecule has 22 nitrogen and oxygen atoms in total. The number of aromatic nitrogens is 1. The molecule has 7 amide bonds. The second kappa shape index (κ2) is 19.9. The van der Waals surface area contributed by atoms with Gasteiger partial charge >= 0.3 is 0 Å². The molecule has 2 aliphatic heterocycles. The predicted molar refractivity (Wildman–Crippen MR) is 195 cm³/mol. The third-order valence-electron chi connectivity index (χ3n) is 9.70. The van der Waals surface area contributed by atoms with Gasteiger partial charge in [-0.1, -0.05) is 18.2 Å². The topological polar surface area (TPSA) is 365 Å². The number of primary amides is 1. The Hall–Kier alpha value is -5.55. The fraction of sp³-hybridized carbons (Fsp3) is 0.559. The first-order valence-electron chi connectivity index (χ1n) is 18.0. The van der Waals surface area contributed by atoms with Crippen LogP contribution in [0.25, 0.3) is 10.9 Å². The summed E-state index contributed by atoms with van der Waals surface area (Å²) in [6.07, 6.45) is 4.40. The summed E-state index contributed by atoms with van der Waals surface area (Å²) in [7, 11) is 0. The van der Waals surface area contributed by atoms with Crippen LogP contribution in [-0.4, -0.2) is 148 Å². The van der Waals surface area contributed by atoms with E-state index in [9.17, 15) is 54.0 Å². The Morgan fingerprint density at radius 3 is 1.70 bits per heavy atom. The number of carbonyl (C=O) groups excluding carboxylic acids is 7. The first kappa shape index (κ1) is 43.2. The van der Waals surface area contributed by atoms with E-state index < -0.39 is 116 Å². The van der Waals surface area contributed by atoms with E-state index in [0.29, 0.717) is 0 Å². The number of nitrogens with two attached hydrogens (primary N) is 2. The van der Waals surface area contributed by atoms with Crippen LogP contribution in [0.3, 0.4) is 0 Å². The zero-order valence-corrected chi connectivity index (χ0v) is 30.4. The zero-order chi connectivity index (χ0) is 41.0. The minimum Gasteiger partial charge on any atom is -0.394 e. The molecule has 1 saturated carbocycles. The van der Waals surface area contributed by atoms with Gasteiger partial charge in [0.25, 0.3) is 0 Å². The standard InChI is InChI=1S/C34H49N11O11/c35-20(9-17-11-37-21-4-2-1-3-19(17)21)29(52)40-23(12-46)31(54)42-25(14-48)33(56)43-26(15-49)32(55)41-24(13-47)30(53)39-22(28(36)51)10-27(50)38-16-34-7-5-18(6-8-34)44-45-34/h1-4,11,18,20,22-26,37,46-49H,5-10,12-16,35H2,(H2,36,51)(H,38,50)(H,39,53)(H,40,52)(H,41,55)(H,42,54)(H,43,56)/t18?,20-,22-,23-,24-,25-,26-,34?/m0/s1. The van der Waals surface area contributed by atoms with E-state index in [1.807, 2.05) is 24.3 Å². The average molecular weight is 788 g/mol. The Kier molecular flexibility index (Phi) is 15.3. The highest BCUT2D eigenvalue weighted by Gasteiger charge is 2.40. The largest absolute Gasteiger partial charge is 0.394 e. The summed E-state index contributed by atoms with van der Waals surface area (Å²) in [6.45, 7) is -3.85. The summed E-state index contributed by atoms with van der Waals surface area (Å²) in [5.74, 6) is -7.12. The maximum Gasteiger partial charge on any atom is 0.245 e. The smallest absolute Gasteiger partial charge is 0.245 e. The lowest BCUT2D eigenvalue weighted by molar-refractivity contribution is -0.137. The number of H-pyrrole nitrogens is 1. The number of aliphatic hydroxyl groups is 4. The van der Waals surface area contributed by atoms with Crippen LogP contribution in [0.5, 0.6) is 0 Å². The van der Waals surface area contributed by atoms with Gasteiger partial charge in [0, 0.05) is 23.6 Å². The number of nitrogens with one attached hydrogen (secondary N) is 7. The third kappa shape index (κ3) is 11.3. The Morgan fingerprint density at radius 2 is 1.23 bits per heavy atom. The maximum absolute atomic E-state index is 12.9. The average Bonchev–Trinajstić information content (AvgIpc) is 3.61. The van der Waals surface area contributed by atoms with Crippen LogP contribution in [0.15, 0.2) is 40.7 Å². The fourth-order valence-corrected chi connectivity index (χ4v) is 6.29. The quantitative estimate of drug-likeness (QED) is 0.0564. The van der Waals surface area contributed by atoms with Crippen LogP contribution in [0.1, 0.15) is 37.7 Å². The number of azo groups is 1. The summed E-state index contributed by atoms with van der Waals surface area (Å²) in [4.78, 5) is 92.3. The highest BCUT2D eigenvalue weighted by Crippen LogP contribution is 2.38. The number of fused-ring (bicyclic) bond motifs is 3. The maximum atomic E-state index is 12.9. The highest BCUT2D eigenvalue weighted by molar-refractivity contribution is 5.97. The van der Waals surface area contributed by atoms with Gasteiger partial charge in [0.2, 0.25) is 41.4 Å². The van der Waals surface area contributed by atoms with Crippen molar-refractivity contribution in [3.63, 3.8) is 0 Å². The number of nitrogens with zero attached hydrogens (tertiary/aromatic N) is 2. The summed E-state index contributed by atoms with van der Waals surface area (Å²) in [5.41, 5.74) is 12.5. The summed E-state index contributed by atoms with van der Waals surface area (Å²) >= 11 is 0. The molecule has 56 heavy (non-hydrogen) atoms. The Bertz CT molecular complexity index is 1780. The molecule has 15 N–H and O–H groups in total. The number of hydrogen-bond donors (Lipinski definition) is 13. The van der Waals surface area contributed by atoms with Crippen LogP contribution in [0.2, 0.25) is 0 Å². The van der Waals surface area contributed by atoms with E-state index in [-0.39, 0.29) is 19.0 Å². The van der Waals surface area contributed by atoms with Gasteiger partial charge in [-0.2, -0.15) is 10.2 Å². The minimum atomic E-state index is -1.80. The van der Waals surface area contributed by atoms with Crippen LogP contribution < -0.4 is 43.4 Å². The number of para-hydroxylation sites is 1. The van der Waals surface area contributed by atoms with Crippen molar-refractivity contribution in [1.29, 1.82) is 0 Å². The number of carbonyl (C=O) groups is 7. The molecule has 0 radical (unpaired) electrons.